The molecule has 2 N–H and O–H groups in total. The van der Waals surface area contributed by atoms with Crippen LogP contribution in [-0.2, 0) is 4.79 Å². The van der Waals surface area contributed by atoms with Crippen LogP contribution >= 0.6 is 35.0 Å². The van der Waals surface area contributed by atoms with Crippen LogP contribution < -0.4 is 10.6 Å². The van der Waals surface area contributed by atoms with Crippen molar-refractivity contribution < 1.29 is 14.0 Å². The van der Waals surface area contributed by atoms with Gasteiger partial charge in [0.05, 0.1) is 5.57 Å². The van der Waals surface area contributed by atoms with Crippen LogP contribution in [-0.4, -0.2) is 35.4 Å². The van der Waals surface area contributed by atoms with Gasteiger partial charge in [0.2, 0.25) is 5.91 Å². The molecule has 1 aliphatic carbocycles. The average Bonchev–Trinajstić information content (AvgIpc) is 2.84. The second-order valence-electron chi connectivity index (χ2n) is 8.27. The number of allylic oxidation sites excluding steroid dienone is 2. The number of aromatic nitrogens is 1. The maximum absolute atomic E-state index is 14.2. The number of hydrogen-bond donors (Lipinski definition) is 1. The molecule has 1 aliphatic rings. The van der Waals surface area contributed by atoms with E-state index in [0.29, 0.717) is 45.9 Å². The molecule has 3 rings (SSSR count). The van der Waals surface area contributed by atoms with Crippen LogP contribution in [0.2, 0.25) is 5.02 Å². The number of nitrogens with zero attached hydrogens (tertiary/aromatic N) is 2. The summed E-state index contributed by atoms with van der Waals surface area (Å²) in [6, 6.07) is 6.49. The highest BCUT2D eigenvalue weighted by atomic mass is 35.5. The number of nitrogens with two attached hydrogens (primary N) is 1. The van der Waals surface area contributed by atoms with Crippen LogP contribution in [0.15, 0.2) is 53.0 Å². The molecule has 1 heterocycles. The minimum absolute atomic E-state index is 0.136. The Morgan fingerprint density at radius 1 is 1.17 bits per heavy atom. The van der Waals surface area contributed by atoms with Crippen molar-refractivity contribution in [2.75, 3.05) is 23.5 Å². The quantitative estimate of drug-likeness (QED) is 0.345. The van der Waals surface area contributed by atoms with Crippen molar-refractivity contribution in [2.45, 2.75) is 46.5 Å². The summed E-state index contributed by atoms with van der Waals surface area (Å²) in [4.78, 5) is 29.9. The van der Waals surface area contributed by atoms with Crippen molar-refractivity contribution in [2.24, 2.45) is 5.73 Å². The van der Waals surface area contributed by atoms with Gasteiger partial charge >= 0.3 is 0 Å². The van der Waals surface area contributed by atoms with Crippen LogP contribution in [0.3, 0.4) is 0 Å². The lowest BCUT2D eigenvalue weighted by Gasteiger charge is -2.22. The van der Waals surface area contributed by atoms with Crippen molar-refractivity contribution in [3.8, 4) is 11.1 Å². The Bertz CT molecular complexity index is 1160. The SMILES string of the molecule is CCCSCCC.Cc1cc(-c2cc(C(N)=O)ccc2Cl)cnc1N(C)C(=O)C1=C(Cl)CCC=C1F. The van der Waals surface area contributed by atoms with E-state index in [-0.39, 0.29) is 10.6 Å². The zero-order chi connectivity index (χ0) is 26.8. The van der Waals surface area contributed by atoms with E-state index in [9.17, 15) is 14.0 Å². The smallest absolute Gasteiger partial charge is 0.263 e. The Hall–Kier alpha value is -2.35. The molecule has 0 atom stereocenters. The number of carbonyl (C=O) groups is 2. The fourth-order valence-electron chi connectivity index (χ4n) is 3.52. The van der Waals surface area contributed by atoms with Gasteiger partial charge in [-0.3, -0.25) is 14.5 Å². The highest BCUT2D eigenvalue weighted by Gasteiger charge is 2.27. The highest BCUT2D eigenvalue weighted by molar-refractivity contribution is 7.99. The number of amides is 2. The molecule has 0 spiro atoms. The fourth-order valence-corrected chi connectivity index (χ4v) is 4.81. The van der Waals surface area contributed by atoms with E-state index in [4.69, 9.17) is 28.9 Å². The fraction of sp³-hybridized carbons (Fsp3) is 0.370. The molecule has 36 heavy (non-hydrogen) atoms. The van der Waals surface area contributed by atoms with E-state index in [2.05, 4.69) is 30.6 Å². The number of likely N-dealkylation sites (N-methyl/N-ethyl adjacent to an activating group) is 1. The Labute approximate surface area is 226 Å². The summed E-state index contributed by atoms with van der Waals surface area (Å²) in [5.74, 6) is 1.28. The molecule has 0 saturated carbocycles. The number of carbonyl (C=O) groups excluding carboxylic acids is 2. The zero-order valence-electron chi connectivity index (χ0n) is 21.0. The molecule has 2 aromatic rings. The van der Waals surface area contributed by atoms with Crippen molar-refractivity contribution in [3.63, 3.8) is 0 Å². The summed E-state index contributed by atoms with van der Waals surface area (Å²) >= 11 is 14.4. The summed E-state index contributed by atoms with van der Waals surface area (Å²) < 4.78 is 14.2. The second kappa shape index (κ2) is 14.4. The summed E-state index contributed by atoms with van der Waals surface area (Å²) in [5, 5.41) is 0.630. The molecule has 0 radical (unpaired) electrons. The van der Waals surface area contributed by atoms with E-state index < -0.39 is 17.6 Å². The number of anilines is 1. The van der Waals surface area contributed by atoms with Crippen LogP contribution in [0, 0.1) is 6.92 Å². The van der Waals surface area contributed by atoms with E-state index in [1.54, 1.807) is 31.2 Å². The summed E-state index contributed by atoms with van der Waals surface area (Å²) in [7, 11) is 1.51. The Balaban J connectivity index is 0.000000572. The summed E-state index contributed by atoms with van der Waals surface area (Å²) in [6.45, 7) is 6.22. The lowest BCUT2D eigenvalue weighted by molar-refractivity contribution is -0.114. The number of halogens is 3. The molecular formula is C27H32Cl2FN3O2S. The first-order chi connectivity index (χ1) is 17.1. The van der Waals surface area contributed by atoms with Gasteiger partial charge in [0.15, 0.2) is 0 Å². The predicted octanol–water partition coefficient (Wildman–Crippen LogP) is 7.45. The lowest BCUT2D eigenvalue weighted by atomic mass is 10.0. The number of thioether (sulfide) groups is 1. The Kier molecular flexibility index (Phi) is 12.0. The first-order valence-corrected chi connectivity index (χ1v) is 13.7. The highest BCUT2D eigenvalue weighted by Crippen LogP contribution is 2.33. The Morgan fingerprint density at radius 2 is 1.83 bits per heavy atom. The summed E-state index contributed by atoms with van der Waals surface area (Å²) in [5.41, 5.74) is 7.43. The largest absolute Gasteiger partial charge is 0.366 e. The molecule has 0 fully saturated rings. The van der Waals surface area contributed by atoms with E-state index in [1.165, 1.54) is 48.6 Å². The maximum Gasteiger partial charge on any atom is 0.263 e. The third-order valence-electron chi connectivity index (χ3n) is 5.34. The molecule has 1 aromatic heterocycles. The summed E-state index contributed by atoms with van der Waals surface area (Å²) in [6.07, 6.45) is 6.41. The molecule has 9 heteroatoms. The van der Waals surface area contributed by atoms with Gasteiger partial charge in [-0.05, 0) is 80.0 Å². The standard InChI is InChI=1S/C21H18Cl2FN3O2.C6H14S/c1-11-8-13(14-9-12(19(25)28)6-7-15(14)22)10-26-20(11)27(2)21(29)18-16(23)4-3-5-17(18)24;1-3-5-7-6-4-2/h5-10H,3-4H2,1-2H3,(H2,25,28);3-6H2,1-2H3. The van der Waals surface area contributed by atoms with Crippen LogP contribution in [0.5, 0.6) is 0 Å². The van der Waals surface area contributed by atoms with Gasteiger partial charge in [-0.15, -0.1) is 0 Å². The van der Waals surface area contributed by atoms with Gasteiger partial charge in [0.1, 0.15) is 11.6 Å². The van der Waals surface area contributed by atoms with Gasteiger partial charge in [-0.2, -0.15) is 11.8 Å². The molecule has 5 nitrogen and oxygen atoms in total. The monoisotopic (exact) mass is 551 g/mol. The predicted molar refractivity (Wildman–Crippen MR) is 151 cm³/mol. The van der Waals surface area contributed by atoms with Crippen molar-refractivity contribution >= 4 is 52.6 Å². The van der Waals surface area contributed by atoms with Crippen molar-refractivity contribution in [1.82, 2.24) is 4.98 Å². The minimum atomic E-state index is -0.623. The van der Waals surface area contributed by atoms with Gasteiger partial charge in [0, 0.05) is 40.0 Å². The molecule has 0 unspecified atom stereocenters. The molecule has 1 aromatic carbocycles. The van der Waals surface area contributed by atoms with E-state index >= 15 is 0 Å². The van der Waals surface area contributed by atoms with Gasteiger partial charge in [-0.1, -0.05) is 37.0 Å². The average molecular weight is 553 g/mol. The third kappa shape index (κ3) is 7.82. The van der Waals surface area contributed by atoms with E-state index in [1.807, 2.05) is 0 Å². The van der Waals surface area contributed by atoms with Crippen LogP contribution in [0.1, 0.15) is 55.5 Å². The molecule has 194 valence electrons. The first kappa shape index (κ1) is 29.9. The Morgan fingerprint density at radius 3 is 2.39 bits per heavy atom. The first-order valence-electron chi connectivity index (χ1n) is 11.8. The van der Waals surface area contributed by atoms with E-state index in [0.717, 1.165) is 0 Å². The van der Waals surface area contributed by atoms with Crippen LogP contribution in [0.4, 0.5) is 10.2 Å². The van der Waals surface area contributed by atoms with Crippen LogP contribution in [0.25, 0.3) is 11.1 Å². The molecular weight excluding hydrogens is 520 g/mol. The number of benzene rings is 1. The normalized spacial score (nSPS) is 13.0. The number of rotatable bonds is 8. The van der Waals surface area contributed by atoms with Crippen molar-refractivity contribution in [3.05, 3.63) is 69.1 Å². The van der Waals surface area contributed by atoms with Crippen molar-refractivity contribution in [1.29, 1.82) is 0 Å². The lowest BCUT2D eigenvalue weighted by Crippen LogP contribution is -2.30. The van der Waals surface area contributed by atoms with Gasteiger partial charge in [-0.25, -0.2) is 9.37 Å². The molecule has 0 aliphatic heterocycles. The number of hydrogen-bond acceptors (Lipinski definition) is 4. The van der Waals surface area contributed by atoms with Gasteiger partial charge < -0.3 is 5.73 Å². The molecule has 0 bridgehead atoms. The zero-order valence-corrected chi connectivity index (χ0v) is 23.4. The number of primary amides is 1. The maximum atomic E-state index is 14.2. The van der Waals surface area contributed by atoms with Gasteiger partial charge in [0.25, 0.3) is 5.91 Å². The second-order valence-corrected chi connectivity index (χ2v) is 10.4. The minimum Gasteiger partial charge on any atom is -0.366 e. The molecule has 0 saturated heterocycles. The topological polar surface area (TPSA) is 76.3 Å². The number of pyridine rings is 1. The molecule has 2 amide bonds. The third-order valence-corrected chi connectivity index (χ3v) is 7.44. The number of aryl methyl sites for hydroxylation is 1.